The van der Waals surface area contributed by atoms with Crippen molar-refractivity contribution in [2.24, 2.45) is 0 Å². The van der Waals surface area contributed by atoms with Gasteiger partial charge in [-0.25, -0.2) is 4.98 Å². The van der Waals surface area contributed by atoms with E-state index in [1.807, 2.05) is 18.2 Å². The quantitative estimate of drug-likeness (QED) is 0.176. The second kappa shape index (κ2) is 12.9. The van der Waals surface area contributed by atoms with E-state index in [-0.39, 0.29) is 0 Å². The maximum atomic E-state index is 5.24. The summed E-state index contributed by atoms with van der Waals surface area (Å²) in [6.45, 7) is 0. The minimum absolute atomic E-state index is 0.578. The van der Waals surface area contributed by atoms with Gasteiger partial charge in [-0.1, -0.05) is 140 Å². The summed E-state index contributed by atoms with van der Waals surface area (Å²) in [5.41, 5.74) is 10.9. The molecule has 0 atom stereocenters. The summed E-state index contributed by atoms with van der Waals surface area (Å²) in [5.74, 6) is 1.85. The number of nitrogens with zero attached hydrogens (tertiary/aromatic N) is 6. The summed E-state index contributed by atoms with van der Waals surface area (Å²) in [4.78, 5) is 15.5. The Morgan fingerprint density at radius 3 is 1.83 bits per heavy atom. The van der Waals surface area contributed by atoms with E-state index in [9.17, 15) is 0 Å². The number of hydrogen-bond donors (Lipinski definition) is 0. The molecule has 0 fully saturated rings. The van der Waals surface area contributed by atoms with E-state index in [1.54, 1.807) is 0 Å². The number of hydrogen-bond acceptors (Lipinski definition) is 3. The third-order valence-electron chi connectivity index (χ3n) is 11.5. The van der Waals surface area contributed by atoms with Crippen molar-refractivity contribution in [2.75, 3.05) is 0 Å². The molecule has 12 rings (SSSR count). The van der Waals surface area contributed by atoms with Gasteiger partial charge in [0.05, 0.1) is 33.1 Å². The van der Waals surface area contributed by atoms with Gasteiger partial charge in [0.1, 0.15) is 0 Å². The first-order valence-electron chi connectivity index (χ1n) is 19.7. The number of rotatable bonds is 5. The fourth-order valence-corrected chi connectivity index (χ4v) is 8.99. The van der Waals surface area contributed by atoms with E-state index in [0.717, 1.165) is 61.8 Å². The van der Waals surface area contributed by atoms with Crippen LogP contribution >= 0.6 is 0 Å². The van der Waals surface area contributed by atoms with E-state index in [1.165, 1.54) is 32.6 Å². The second-order valence-electron chi connectivity index (χ2n) is 14.8. The molecule has 4 heterocycles. The number of para-hydroxylation sites is 4. The first kappa shape index (κ1) is 32.4. The lowest BCUT2D eigenvalue weighted by Crippen LogP contribution is -2.07. The SMILES string of the molecule is C1=CCC=CC(c2nc(-c3ccccc3)nc(-n3c4ccccc4c4c3ccc3c5ccccc5n(-c5ccc6c(c5)c5ccccc5n6-c5ccccc5)c34)n2)=C1. The molecule has 0 bridgehead atoms. The molecule has 0 amide bonds. The van der Waals surface area contributed by atoms with Gasteiger partial charge >= 0.3 is 0 Å². The van der Waals surface area contributed by atoms with Gasteiger partial charge in [0, 0.05) is 54.8 Å². The van der Waals surface area contributed by atoms with Gasteiger partial charge in [-0.15, -0.1) is 0 Å². The van der Waals surface area contributed by atoms with Crippen molar-refractivity contribution in [1.29, 1.82) is 0 Å². The van der Waals surface area contributed by atoms with Crippen molar-refractivity contribution in [3.8, 4) is 28.7 Å². The average Bonchev–Trinajstić information content (AvgIpc) is 3.82. The highest BCUT2D eigenvalue weighted by molar-refractivity contribution is 6.26. The number of benzene rings is 7. The fourth-order valence-electron chi connectivity index (χ4n) is 8.99. The molecule has 0 unspecified atom stereocenters. The lowest BCUT2D eigenvalue weighted by atomic mass is 10.1. The molecule has 0 spiro atoms. The van der Waals surface area contributed by atoms with Crippen molar-refractivity contribution in [3.63, 3.8) is 0 Å². The molecule has 0 saturated carbocycles. The molecule has 6 heteroatoms. The van der Waals surface area contributed by atoms with E-state index in [2.05, 4.69) is 190 Å². The Hall–Kier alpha value is -7.83. The highest BCUT2D eigenvalue weighted by atomic mass is 15.2. The molecule has 11 aromatic rings. The molecule has 1 aliphatic carbocycles. The summed E-state index contributed by atoms with van der Waals surface area (Å²) in [5, 5.41) is 7.11. The Morgan fingerprint density at radius 2 is 1.03 bits per heavy atom. The van der Waals surface area contributed by atoms with Crippen LogP contribution in [0.2, 0.25) is 0 Å². The monoisotopic (exact) mass is 742 g/mol. The molecule has 0 saturated heterocycles. The highest BCUT2D eigenvalue weighted by Crippen LogP contribution is 2.43. The first-order valence-corrected chi connectivity index (χ1v) is 19.7. The van der Waals surface area contributed by atoms with Crippen molar-refractivity contribution in [3.05, 3.63) is 200 Å². The van der Waals surface area contributed by atoms with Crippen LogP contribution in [0.25, 0.3) is 99.7 Å². The molecule has 6 nitrogen and oxygen atoms in total. The molecule has 58 heavy (non-hydrogen) atoms. The first-order chi connectivity index (χ1) is 28.8. The second-order valence-corrected chi connectivity index (χ2v) is 14.8. The van der Waals surface area contributed by atoms with Gasteiger partial charge in [0.25, 0.3) is 0 Å². The zero-order valence-corrected chi connectivity index (χ0v) is 31.4. The zero-order chi connectivity index (χ0) is 38.2. The summed E-state index contributed by atoms with van der Waals surface area (Å²) < 4.78 is 7.05. The highest BCUT2D eigenvalue weighted by Gasteiger charge is 2.23. The van der Waals surface area contributed by atoms with Crippen LogP contribution in [-0.4, -0.2) is 28.7 Å². The predicted molar refractivity (Wildman–Crippen MR) is 239 cm³/mol. The Kier molecular flexibility index (Phi) is 7.19. The molecule has 0 radical (unpaired) electrons. The lowest BCUT2D eigenvalue weighted by molar-refractivity contribution is 0.932. The smallest absolute Gasteiger partial charge is 0.238 e. The molecule has 1 aliphatic rings. The Balaban J connectivity index is 1.17. The van der Waals surface area contributed by atoms with Gasteiger partial charge in [-0.2, -0.15) is 9.97 Å². The number of fused-ring (bicyclic) bond motifs is 10. The predicted octanol–water partition coefficient (Wildman–Crippen LogP) is 12.7. The van der Waals surface area contributed by atoms with Crippen LogP contribution in [0.5, 0.6) is 0 Å². The summed E-state index contributed by atoms with van der Waals surface area (Å²) in [6, 6.07) is 58.4. The van der Waals surface area contributed by atoms with Crippen LogP contribution in [0.1, 0.15) is 12.2 Å². The minimum Gasteiger partial charge on any atom is -0.309 e. The van der Waals surface area contributed by atoms with E-state index >= 15 is 0 Å². The van der Waals surface area contributed by atoms with E-state index in [4.69, 9.17) is 15.0 Å². The van der Waals surface area contributed by atoms with Gasteiger partial charge in [-0.05, 0) is 61.0 Å². The van der Waals surface area contributed by atoms with E-state index in [0.29, 0.717) is 17.6 Å². The molecular formula is C52H34N6. The molecule has 4 aromatic heterocycles. The summed E-state index contributed by atoms with van der Waals surface area (Å²) in [7, 11) is 0. The number of allylic oxidation sites excluding steroid dienone is 6. The number of aromatic nitrogens is 6. The summed E-state index contributed by atoms with van der Waals surface area (Å²) in [6.07, 6.45) is 11.4. The van der Waals surface area contributed by atoms with Crippen molar-refractivity contribution >= 4 is 71.0 Å². The van der Waals surface area contributed by atoms with Crippen molar-refractivity contribution < 1.29 is 0 Å². The summed E-state index contributed by atoms with van der Waals surface area (Å²) >= 11 is 0. The van der Waals surface area contributed by atoms with Crippen LogP contribution in [0.3, 0.4) is 0 Å². The molecule has 0 N–H and O–H groups in total. The van der Waals surface area contributed by atoms with Crippen molar-refractivity contribution in [2.45, 2.75) is 6.42 Å². The third kappa shape index (κ3) is 4.88. The normalized spacial score (nSPS) is 13.1. The molecule has 272 valence electrons. The minimum atomic E-state index is 0.578. The average molecular weight is 743 g/mol. The Morgan fingerprint density at radius 1 is 0.414 bits per heavy atom. The van der Waals surface area contributed by atoms with Gasteiger partial charge in [0.15, 0.2) is 11.6 Å². The van der Waals surface area contributed by atoms with Crippen LogP contribution in [0, 0.1) is 0 Å². The van der Waals surface area contributed by atoms with Crippen LogP contribution < -0.4 is 0 Å². The molecular weight excluding hydrogens is 709 g/mol. The van der Waals surface area contributed by atoms with Gasteiger partial charge in [-0.3, -0.25) is 4.57 Å². The largest absolute Gasteiger partial charge is 0.309 e. The zero-order valence-electron chi connectivity index (χ0n) is 31.4. The third-order valence-corrected chi connectivity index (χ3v) is 11.5. The Bertz CT molecular complexity index is 3530. The van der Waals surface area contributed by atoms with Crippen LogP contribution in [0.15, 0.2) is 194 Å². The maximum absolute atomic E-state index is 5.24. The molecule has 7 aromatic carbocycles. The maximum Gasteiger partial charge on any atom is 0.238 e. The fraction of sp³-hybridized carbons (Fsp3) is 0.0192. The van der Waals surface area contributed by atoms with Crippen molar-refractivity contribution in [1.82, 2.24) is 28.7 Å². The van der Waals surface area contributed by atoms with E-state index < -0.39 is 0 Å². The van der Waals surface area contributed by atoms with Crippen LogP contribution in [-0.2, 0) is 0 Å². The topological polar surface area (TPSA) is 53.5 Å². The van der Waals surface area contributed by atoms with Crippen LogP contribution in [0.4, 0.5) is 0 Å². The van der Waals surface area contributed by atoms with Gasteiger partial charge in [0.2, 0.25) is 5.95 Å². The van der Waals surface area contributed by atoms with Gasteiger partial charge < -0.3 is 9.13 Å². The Labute approximate surface area is 333 Å². The standard InChI is InChI=1S/C52H34N6/c1-2-6-18-34(17-5-1)50-53-51(35-19-7-3-8-20-35)55-52(54-50)58-45-28-16-13-25-41(45)48-47(58)32-30-40-38-23-11-15-27-44(38)57(49(40)48)37-29-31-46-42(33-37)39-24-12-14-26-43(39)56(46)36-21-9-4-10-22-36/h1,3-33H,2H2. The molecule has 0 aliphatic heterocycles. The lowest BCUT2D eigenvalue weighted by Gasteiger charge is -2.12.